The van der Waals surface area contributed by atoms with Crippen molar-refractivity contribution in [3.05, 3.63) is 69.6 Å². The summed E-state index contributed by atoms with van der Waals surface area (Å²) in [4.78, 5) is 28.9. The van der Waals surface area contributed by atoms with E-state index in [1.54, 1.807) is 24.3 Å². The predicted octanol–water partition coefficient (Wildman–Crippen LogP) is 3.68. The van der Waals surface area contributed by atoms with Crippen molar-refractivity contribution in [2.24, 2.45) is 10.7 Å². The quantitative estimate of drug-likeness (QED) is 0.814. The molecule has 5 nitrogen and oxygen atoms in total. The number of allylic oxidation sites excluding steroid dienone is 1. The lowest BCUT2D eigenvalue weighted by Gasteiger charge is -2.07. The summed E-state index contributed by atoms with van der Waals surface area (Å²) in [5, 5.41) is 3.19. The highest BCUT2D eigenvalue weighted by Gasteiger charge is 2.27. The summed E-state index contributed by atoms with van der Waals surface area (Å²) in [5.41, 5.74) is 10.4. The van der Waals surface area contributed by atoms with Crippen LogP contribution in [0.25, 0.3) is 5.57 Å². The number of nitrogens with two attached hydrogens (primary N) is 1. The third-order valence-electron chi connectivity index (χ3n) is 4.30. The Morgan fingerprint density at radius 1 is 1.12 bits per heavy atom. The summed E-state index contributed by atoms with van der Waals surface area (Å²) in [7, 11) is 0. The number of carbonyl (C=O) groups excluding carboxylic acids is 2. The van der Waals surface area contributed by atoms with Crippen molar-refractivity contribution in [1.29, 1.82) is 0 Å². The number of aryl methyl sites for hydroxylation is 2. The number of nitrogens with zero attached hydrogens (tertiary/aromatic N) is 1. The largest absolute Gasteiger partial charge is 0.366 e. The minimum atomic E-state index is -0.554. The van der Waals surface area contributed by atoms with Gasteiger partial charge in [-0.05, 0) is 66.9 Å². The molecule has 3 N–H and O–H groups in total. The minimum absolute atomic E-state index is 0.193. The molecule has 1 aliphatic rings. The van der Waals surface area contributed by atoms with Crippen LogP contribution in [-0.2, 0) is 4.79 Å². The van der Waals surface area contributed by atoms with E-state index in [2.05, 4.69) is 23.3 Å². The molecular weight excluding hydrogens is 346 g/mol. The number of carbonyl (C=O) groups is 2. The van der Waals surface area contributed by atoms with Gasteiger partial charge in [-0.1, -0.05) is 30.3 Å². The molecule has 0 bridgehead atoms. The first kappa shape index (κ1) is 17.9. The number of primary amides is 1. The molecule has 1 fully saturated rings. The van der Waals surface area contributed by atoms with Gasteiger partial charge in [-0.25, -0.2) is 4.99 Å². The lowest BCUT2D eigenvalue weighted by atomic mass is 10.0. The summed E-state index contributed by atoms with van der Waals surface area (Å²) in [6.07, 6.45) is 0. The normalized spacial score (nSPS) is 17.3. The Hall–Kier alpha value is -2.86. The van der Waals surface area contributed by atoms with Crippen molar-refractivity contribution < 1.29 is 9.59 Å². The van der Waals surface area contributed by atoms with Crippen LogP contribution in [0, 0.1) is 13.8 Å². The Bertz CT molecular complexity index is 977. The molecule has 0 atom stereocenters. The standard InChI is InChI=1S/C20H19N3O2S/c1-11-8-9-14(10-12(11)2)13(3)17-19(25)23-20(26-17)22-16-7-5-4-6-15(16)18(21)24/h4-10H,1-3H3,(H2,21,24)(H,22,23,25)/b17-13-. The van der Waals surface area contributed by atoms with Crippen molar-refractivity contribution in [3.8, 4) is 0 Å². The Balaban J connectivity index is 1.96. The van der Waals surface area contributed by atoms with Crippen molar-refractivity contribution in [2.75, 3.05) is 0 Å². The van der Waals surface area contributed by atoms with Crippen molar-refractivity contribution in [1.82, 2.24) is 5.32 Å². The van der Waals surface area contributed by atoms with Crippen molar-refractivity contribution >= 4 is 40.0 Å². The molecule has 1 heterocycles. The Labute approximate surface area is 156 Å². The van der Waals surface area contributed by atoms with E-state index in [-0.39, 0.29) is 5.91 Å². The van der Waals surface area contributed by atoms with E-state index in [1.165, 1.54) is 22.9 Å². The summed E-state index contributed by atoms with van der Waals surface area (Å²) in [5.74, 6) is -0.748. The van der Waals surface area contributed by atoms with Gasteiger partial charge < -0.3 is 11.1 Å². The molecule has 1 saturated heterocycles. The molecule has 0 radical (unpaired) electrons. The zero-order valence-electron chi connectivity index (χ0n) is 14.8. The van der Waals surface area contributed by atoms with Gasteiger partial charge in [-0.2, -0.15) is 0 Å². The minimum Gasteiger partial charge on any atom is -0.366 e. The number of thioether (sulfide) groups is 1. The third kappa shape index (κ3) is 3.55. The third-order valence-corrected chi connectivity index (χ3v) is 5.38. The number of nitrogens with one attached hydrogen (secondary N) is 1. The molecule has 2 aromatic carbocycles. The molecule has 132 valence electrons. The average Bonchev–Trinajstić information content (AvgIpc) is 2.97. The highest BCUT2D eigenvalue weighted by molar-refractivity contribution is 8.18. The van der Waals surface area contributed by atoms with Gasteiger partial charge in [0.1, 0.15) is 0 Å². The smallest absolute Gasteiger partial charge is 0.264 e. The fourth-order valence-electron chi connectivity index (χ4n) is 2.61. The van der Waals surface area contributed by atoms with Crippen LogP contribution in [0.2, 0.25) is 0 Å². The Kier molecular flexibility index (Phi) is 4.95. The van der Waals surface area contributed by atoms with Crippen LogP contribution in [0.15, 0.2) is 52.4 Å². The van der Waals surface area contributed by atoms with Gasteiger partial charge in [-0.3, -0.25) is 9.59 Å². The summed E-state index contributed by atoms with van der Waals surface area (Å²) < 4.78 is 0. The molecule has 2 aromatic rings. The molecule has 3 rings (SSSR count). The number of rotatable bonds is 3. The van der Waals surface area contributed by atoms with Crippen LogP contribution in [0.4, 0.5) is 5.69 Å². The van der Waals surface area contributed by atoms with Gasteiger partial charge in [-0.15, -0.1) is 0 Å². The highest BCUT2D eigenvalue weighted by Crippen LogP contribution is 2.33. The maximum Gasteiger partial charge on any atom is 0.264 e. The van der Waals surface area contributed by atoms with Crippen LogP contribution < -0.4 is 11.1 Å². The van der Waals surface area contributed by atoms with Gasteiger partial charge in [0.15, 0.2) is 5.17 Å². The lowest BCUT2D eigenvalue weighted by Crippen LogP contribution is -2.20. The van der Waals surface area contributed by atoms with Gasteiger partial charge in [0.2, 0.25) is 0 Å². The maximum absolute atomic E-state index is 12.4. The van der Waals surface area contributed by atoms with Gasteiger partial charge in [0, 0.05) is 0 Å². The molecule has 0 spiro atoms. The molecule has 1 aliphatic heterocycles. The average molecular weight is 365 g/mol. The molecule has 0 saturated carbocycles. The number of amides is 2. The van der Waals surface area contributed by atoms with Crippen molar-refractivity contribution in [2.45, 2.75) is 20.8 Å². The number of aliphatic imine (C=N–C) groups is 1. The number of amidine groups is 1. The Morgan fingerprint density at radius 3 is 2.54 bits per heavy atom. The zero-order chi connectivity index (χ0) is 18.8. The van der Waals surface area contributed by atoms with Crippen LogP contribution in [0.3, 0.4) is 0 Å². The Morgan fingerprint density at radius 2 is 1.85 bits per heavy atom. The van der Waals surface area contributed by atoms with E-state index in [9.17, 15) is 9.59 Å². The molecule has 0 unspecified atom stereocenters. The summed E-state index contributed by atoms with van der Waals surface area (Å²) in [6, 6.07) is 12.9. The van der Waals surface area contributed by atoms with E-state index >= 15 is 0 Å². The summed E-state index contributed by atoms with van der Waals surface area (Å²) >= 11 is 1.26. The van der Waals surface area contributed by atoms with E-state index in [1.807, 2.05) is 26.0 Å². The topological polar surface area (TPSA) is 84.5 Å². The van der Waals surface area contributed by atoms with Gasteiger partial charge in [0.25, 0.3) is 11.8 Å². The maximum atomic E-state index is 12.4. The second-order valence-corrected chi connectivity index (χ2v) is 7.11. The monoisotopic (exact) mass is 365 g/mol. The van der Waals surface area contributed by atoms with E-state index < -0.39 is 5.91 Å². The lowest BCUT2D eigenvalue weighted by molar-refractivity contribution is -0.115. The van der Waals surface area contributed by atoms with Crippen molar-refractivity contribution in [3.63, 3.8) is 0 Å². The second kappa shape index (κ2) is 7.17. The number of hydrogen-bond acceptors (Lipinski definition) is 4. The molecule has 26 heavy (non-hydrogen) atoms. The fourth-order valence-corrected chi connectivity index (χ4v) is 3.51. The molecule has 0 aliphatic carbocycles. The molecule has 2 amide bonds. The summed E-state index contributed by atoms with van der Waals surface area (Å²) in [6.45, 7) is 6.03. The SMILES string of the molecule is C/C(=C1/SC(=Nc2ccccc2C(N)=O)NC1=O)c1ccc(C)c(C)c1. The van der Waals surface area contributed by atoms with E-state index in [0.717, 1.165) is 11.1 Å². The number of hydrogen-bond donors (Lipinski definition) is 2. The van der Waals surface area contributed by atoms with E-state index in [0.29, 0.717) is 21.3 Å². The van der Waals surface area contributed by atoms with Gasteiger partial charge in [0.05, 0.1) is 16.2 Å². The van der Waals surface area contributed by atoms with Crippen LogP contribution in [-0.4, -0.2) is 17.0 Å². The zero-order valence-corrected chi connectivity index (χ0v) is 15.6. The molecular formula is C20H19N3O2S. The van der Waals surface area contributed by atoms with Crippen LogP contribution >= 0.6 is 11.8 Å². The fraction of sp³-hybridized carbons (Fsp3) is 0.150. The van der Waals surface area contributed by atoms with Crippen LogP contribution in [0.1, 0.15) is 34.0 Å². The van der Waals surface area contributed by atoms with Crippen LogP contribution in [0.5, 0.6) is 0 Å². The highest BCUT2D eigenvalue weighted by atomic mass is 32.2. The van der Waals surface area contributed by atoms with E-state index in [4.69, 9.17) is 5.73 Å². The molecule has 6 heteroatoms. The predicted molar refractivity (Wildman–Crippen MR) is 106 cm³/mol. The number of benzene rings is 2. The number of para-hydroxylation sites is 1. The molecule has 0 aromatic heterocycles. The first-order valence-electron chi connectivity index (χ1n) is 8.12. The first-order valence-corrected chi connectivity index (χ1v) is 8.93. The first-order chi connectivity index (χ1) is 12.4. The van der Waals surface area contributed by atoms with Gasteiger partial charge >= 0.3 is 0 Å². The second-order valence-electron chi connectivity index (χ2n) is 6.11.